The SMILES string of the molecule is CCC.Cc1ccsc1C(C)(C)C. The fraction of sp³-hybridized carbons (Fsp3) is 0.667. The largest absolute Gasteiger partial charge is 0.148 e. The maximum absolute atomic E-state index is 2.26. The van der Waals surface area contributed by atoms with Crippen LogP contribution in [0, 0.1) is 6.92 Å². The average molecular weight is 198 g/mol. The zero-order chi connectivity index (χ0) is 10.5. The lowest BCUT2D eigenvalue weighted by Crippen LogP contribution is -2.09. The van der Waals surface area contributed by atoms with Crippen LogP contribution in [0.25, 0.3) is 0 Å². The van der Waals surface area contributed by atoms with Crippen LogP contribution in [-0.2, 0) is 5.41 Å². The molecule has 0 atom stereocenters. The van der Waals surface area contributed by atoms with Crippen molar-refractivity contribution >= 4 is 11.3 Å². The monoisotopic (exact) mass is 198 g/mol. The van der Waals surface area contributed by atoms with Crippen molar-refractivity contribution in [3.63, 3.8) is 0 Å². The lowest BCUT2D eigenvalue weighted by atomic mass is 9.92. The molecule has 0 saturated carbocycles. The van der Waals surface area contributed by atoms with E-state index in [-0.39, 0.29) is 0 Å². The lowest BCUT2D eigenvalue weighted by Gasteiger charge is -2.17. The van der Waals surface area contributed by atoms with E-state index >= 15 is 0 Å². The third kappa shape index (κ3) is 4.47. The van der Waals surface area contributed by atoms with Gasteiger partial charge >= 0.3 is 0 Å². The zero-order valence-electron chi connectivity index (χ0n) is 9.77. The fourth-order valence-corrected chi connectivity index (χ4v) is 2.16. The van der Waals surface area contributed by atoms with E-state index in [0.29, 0.717) is 5.41 Å². The zero-order valence-corrected chi connectivity index (χ0v) is 10.6. The van der Waals surface area contributed by atoms with Crippen molar-refractivity contribution in [2.75, 3.05) is 0 Å². The molecule has 0 spiro atoms. The molecule has 1 heterocycles. The van der Waals surface area contributed by atoms with Crippen LogP contribution in [0.2, 0.25) is 0 Å². The molecule has 0 aromatic carbocycles. The van der Waals surface area contributed by atoms with Crippen molar-refractivity contribution in [2.24, 2.45) is 0 Å². The van der Waals surface area contributed by atoms with Crippen LogP contribution in [0.3, 0.4) is 0 Å². The van der Waals surface area contributed by atoms with Gasteiger partial charge in [-0.25, -0.2) is 0 Å². The summed E-state index contributed by atoms with van der Waals surface area (Å²) in [5, 5.41) is 2.16. The predicted molar refractivity (Wildman–Crippen MR) is 63.7 cm³/mol. The van der Waals surface area contributed by atoms with E-state index in [0.717, 1.165) is 0 Å². The second-order valence-electron chi connectivity index (χ2n) is 4.39. The highest BCUT2D eigenvalue weighted by molar-refractivity contribution is 7.10. The topological polar surface area (TPSA) is 0 Å². The summed E-state index contributed by atoms with van der Waals surface area (Å²) in [5.41, 5.74) is 1.76. The molecule has 0 aliphatic rings. The summed E-state index contributed by atoms with van der Waals surface area (Å²) in [6.07, 6.45) is 1.25. The van der Waals surface area contributed by atoms with Gasteiger partial charge in [0.2, 0.25) is 0 Å². The van der Waals surface area contributed by atoms with Crippen LogP contribution < -0.4 is 0 Å². The number of hydrogen-bond acceptors (Lipinski definition) is 1. The second kappa shape index (κ2) is 5.43. The van der Waals surface area contributed by atoms with E-state index in [1.54, 1.807) is 0 Å². The van der Waals surface area contributed by atoms with Crippen molar-refractivity contribution in [1.29, 1.82) is 0 Å². The summed E-state index contributed by atoms with van der Waals surface area (Å²) < 4.78 is 0. The van der Waals surface area contributed by atoms with Gasteiger partial charge in [-0.05, 0) is 29.3 Å². The summed E-state index contributed by atoms with van der Waals surface area (Å²) in [6.45, 7) is 13.2. The van der Waals surface area contributed by atoms with Crippen LogP contribution in [0.15, 0.2) is 11.4 Å². The van der Waals surface area contributed by atoms with E-state index in [4.69, 9.17) is 0 Å². The van der Waals surface area contributed by atoms with E-state index < -0.39 is 0 Å². The maximum atomic E-state index is 2.26. The molecule has 0 fully saturated rings. The first-order chi connectivity index (χ1) is 5.93. The molecule has 1 rings (SSSR count). The van der Waals surface area contributed by atoms with Gasteiger partial charge in [0.15, 0.2) is 0 Å². The quantitative estimate of drug-likeness (QED) is 0.563. The van der Waals surface area contributed by atoms with Gasteiger partial charge in [0.05, 0.1) is 0 Å². The Morgan fingerprint density at radius 3 is 1.85 bits per heavy atom. The number of hydrogen-bond donors (Lipinski definition) is 0. The van der Waals surface area contributed by atoms with Crippen LogP contribution in [-0.4, -0.2) is 0 Å². The highest BCUT2D eigenvalue weighted by Crippen LogP contribution is 2.29. The Morgan fingerprint density at radius 2 is 1.69 bits per heavy atom. The molecule has 76 valence electrons. The van der Waals surface area contributed by atoms with Gasteiger partial charge in [-0.15, -0.1) is 11.3 Å². The molecule has 0 saturated heterocycles. The molecule has 0 N–H and O–H groups in total. The van der Waals surface area contributed by atoms with Gasteiger partial charge in [-0.3, -0.25) is 0 Å². The normalized spacial score (nSPS) is 10.6. The Hall–Kier alpha value is -0.300. The molecular weight excluding hydrogens is 176 g/mol. The van der Waals surface area contributed by atoms with Gasteiger partial charge in [0, 0.05) is 4.88 Å². The van der Waals surface area contributed by atoms with Gasteiger partial charge in [-0.2, -0.15) is 0 Å². The van der Waals surface area contributed by atoms with Crippen molar-refractivity contribution < 1.29 is 0 Å². The summed E-state index contributed by atoms with van der Waals surface area (Å²) in [6, 6.07) is 2.19. The van der Waals surface area contributed by atoms with Crippen molar-refractivity contribution in [3.8, 4) is 0 Å². The minimum Gasteiger partial charge on any atom is -0.148 e. The van der Waals surface area contributed by atoms with Crippen LogP contribution >= 0.6 is 11.3 Å². The van der Waals surface area contributed by atoms with Gasteiger partial charge in [0.25, 0.3) is 0 Å². The third-order valence-electron chi connectivity index (χ3n) is 1.54. The molecule has 0 unspecified atom stereocenters. The maximum Gasteiger partial charge on any atom is 0.0128 e. The Bertz CT molecular complexity index is 228. The van der Waals surface area contributed by atoms with Crippen molar-refractivity contribution in [1.82, 2.24) is 0 Å². The first-order valence-corrected chi connectivity index (χ1v) is 5.86. The summed E-state index contributed by atoms with van der Waals surface area (Å²) in [5.74, 6) is 0. The molecule has 0 amide bonds. The fourth-order valence-electron chi connectivity index (χ4n) is 1.14. The highest BCUT2D eigenvalue weighted by atomic mass is 32.1. The first kappa shape index (κ1) is 12.7. The molecular formula is C12H22S. The molecule has 0 nitrogen and oxygen atoms in total. The molecule has 0 bridgehead atoms. The summed E-state index contributed by atoms with van der Waals surface area (Å²) in [7, 11) is 0. The Kier molecular flexibility index (Phi) is 5.31. The molecule has 0 aliphatic carbocycles. The highest BCUT2D eigenvalue weighted by Gasteiger charge is 2.16. The number of thiophene rings is 1. The minimum absolute atomic E-state index is 0.332. The molecule has 1 aromatic heterocycles. The molecule has 13 heavy (non-hydrogen) atoms. The third-order valence-corrected chi connectivity index (χ3v) is 2.99. The summed E-state index contributed by atoms with van der Waals surface area (Å²) in [4.78, 5) is 1.51. The Morgan fingerprint density at radius 1 is 1.23 bits per heavy atom. The predicted octanol–water partition coefficient (Wildman–Crippen LogP) is 4.77. The summed E-state index contributed by atoms with van der Waals surface area (Å²) >= 11 is 1.86. The molecule has 1 aromatic rings. The standard InChI is InChI=1S/C9H14S.C3H8/c1-7-5-6-10-8(7)9(2,3)4;1-3-2/h5-6H,1-4H3;3H2,1-2H3. The Balaban J connectivity index is 0.000000424. The van der Waals surface area contributed by atoms with Gasteiger partial charge in [-0.1, -0.05) is 41.0 Å². The van der Waals surface area contributed by atoms with Crippen LogP contribution in [0.5, 0.6) is 0 Å². The minimum atomic E-state index is 0.332. The second-order valence-corrected chi connectivity index (χ2v) is 5.31. The number of rotatable bonds is 0. The molecule has 0 aliphatic heterocycles. The van der Waals surface area contributed by atoms with Crippen molar-refractivity contribution in [3.05, 3.63) is 21.9 Å². The van der Waals surface area contributed by atoms with Gasteiger partial charge in [0.1, 0.15) is 0 Å². The van der Waals surface area contributed by atoms with Crippen molar-refractivity contribution in [2.45, 2.75) is 53.4 Å². The van der Waals surface area contributed by atoms with Gasteiger partial charge < -0.3 is 0 Å². The molecule has 1 heteroatoms. The average Bonchev–Trinajstić information content (AvgIpc) is 2.35. The lowest BCUT2D eigenvalue weighted by molar-refractivity contribution is 0.600. The van der Waals surface area contributed by atoms with E-state index in [1.807, 2.05) is 11.3 Å². The first-order valence-electron chi connectivity index (χ1n) is 4.98. The van der Waals surface area contributed by atoms with E-state index in [9.17, 15) is 0 Å². The Labute approximate surface area is 87.0 Å². The van der Waals surface area contributed by atoms with E-state index in [2.05, 4.69) is 53.0 Å². The van der Waals surface area contributed by atoms with Crippen LogP contribution in [0.4, 0.5) is 0 Å². The van der Waals surface area contributed by atoms with E-state index in [1.165, 1.54) is 16.9 Å². The molecule has 0 radical (unpaired) electrons. The number of aryl methyl sites for hydroxylation is 1. The smallest absolute Gasteiger partial charge is 0.0128 e. The van der Waals surface area contributed by atoms with Crippen LogP contribution in [0.1, 0.15) is 51.5 Å².